The van der Waals surface area contributed by atoms with Gasteiger partial charge in [-0.15, -0.1) is 11.3 Å². The van der Waals surface area contributed by atoms with Crippen LogP contribution in [-0.2, 0) is 12.8 Å². The largest absolute Gasteiger partial charge is 0.396 e. The molecular formula is C7H10BrNOS. The summed E-state index contributed by atoms with van der Waals surface area (Å²) in [5.41, 5.74) is 0.981. The second kappa shape index (κ2) is 4.18. The number of hydrogen-bond donors (Lipinski definition) is 1. The van der Waals surface area contributed by atoms with E-state index in [0.717, 1.165) is 20.9 Å². The Morgan fingerprint density at radius 2 is 2.36 bits per heavy atom. The summed E-state index contributed by atoms with van der Waals surface area (Å²) in [7, 11) is 0. The van der Waals surface area contributed by atoms with E-state index in [1.165, 1.54) is 0 Å². The van der Waals surface area contributed by atoms with Crippen LogP contribution in [0, 0.1) is 0 Å². The number of aromatic nitrogens is 1. The Balaban J connectivity index is 2.79. The first-order valence-electron chi connectivity index (χ1n) is 3.52. The predicted molar refractivity (Wildman–Crippen MR) is 50.0 cm³/mol. The lowest BCUT2D eigenvalue weighted by atomic mass is 10.4. The number of nitrogens with zero attached hydrogens (tertiary/aromatic N) is 1. The fraction of sp³-hybridized carbons (Fsp3) is 0.571. The zero-order valence-electron chi connectivity index (χ0n) is 6.30. The van der Waals surface area contributed by atoms with Gasteiger partial charge in [0.1, 0.15) is 0 Å². The van der Waals surface area contributed by atoms with E-state index in [1.807, 2.05) is 0 Å². The lowest BCUT2D eigenvalue weighted by Gasteiger charge is -1.89. The molecule has 0 saturated carbocycles. The quantitative estimate of drug-likeness (QED) is 0.870. The zero-order valence-corrected chi connectivity index (χ0v) is 8.70. The Bertz CT molecular complexity index is 236. The molecule has 0 aliphatic carbocycles. The highest BCUT2D eigenvalue weighted by Gasteiger charge is 2.05. The summed E-state index contributed by atoms with van der Waals surface area (Å²) in [6.45, 7) is 2.25. The maximum absolute atomic E-state index is 8.67. The van der Waals surface area contributed by atoms with Crippen LogP contribution in [0.4, 0.5) is 0 Å². The smallest absolute Gasteiger partial charge is 0.0937 e. The van der Waals surface area contributed by atoms with Gasteiger partial charge in [-0.3, -0.25) is 0 Å². The van der Waals surface area contributed by atoms with Gasteiger partial charge in [-0.2, -0.15) is 0 Å². The first-order chi connectivity index (χ1) is 5.27. The van der Waals surface area contributed by atoms with E-state index in [1.54, 1.807) is 11.3 Å². The van der Waals surface area contributed by atoms with E-state index < -0.39 is 0 Å². The number of hydrogen-bond acceptors (Lipinski definition) is 3. The molecule has 1 aromatic rings. The van der Waals surface area contributed by atoms with Crippen LogP contribution in [-0.4, -0.2) is 16.7 Å². The molecule has 62 valence electrons. The zero-order chi connectivity index (χ0) is 8.27. The fourth-order valence-corrected chi connectivity index (χ4v) is 2.41. The van der Waals surface area contributed by atoms with Crippen molar-refractivity contribution in [2.24, 2.45) is 0 Å². The van der Waals surface area contributed by atoms with Gasteiger partial charge in [0, 0.05) is 13.0 Å². The Hall–Kier alpha value is 0.0700. The number of thiazole rings is 1. The molecule has 0 aliphatic rings. The summed E-state index contributed by atoms with van der Waals surface area (Å²) in [6, 6.07) is 0. The number of aliphatic hydroxyl groups is 1. The van der Waals surface area contributed by atoms with Gasteiger partial charge < -0.3 is 5.11 Å². The second-order valence-electron chi connectivity index (χ2n) is 2.16. The lowest BCUT2D eigenvalue weighted by Crippen LogP contribution is -1.91. The summed E-state index contributed by atoms with van der Waals surface area (Å²) in [4.78, 5) is 4.33. The SMILES string of the molecule is CCc1nc(CCO)c(Br)s1. The van der Waals surface area contributed by atoms with Gasteiger partial charge in [0.05, 0.1) is 14.5 Å². The summed E-state index contributed by atoms with van der Waals surface area (Å²) in [6.07, 6.45) is 1.62. The fourth-order valence-electron chi connectivity index (χ4n) is 0.791. The molecule has 0 bridgehead atoms. The maximum Gasteiger partial charge on any atom is 0.0937 e. The van der Waals surface area contributed by atoms with Gasteiger partial charge in [-0.05, 0) is 22.4 Å². The molecule has 0 saturated heterocycles. The normalized spacial score (nSPS) is 10.5. The Labute approximate surface area is 78.4 Å². The van der Waals surface area contributed by atoms with Crippen molar-refractivity contribution in [3.8, 4) is 0 Å². The summed E-state index contributed by atoms with van der Waals surface area (Å²) in [5.74, 6) is 0. The van der Waals surface area contributed by atoms with Gasteiger partial charge in [-0.25, -0.2) is 4.98 Å². The molecule has 1 heterocycles. The first-order valence-corrected chi connectivity index (χ1v) is 5.13. The average Bonchev–Trinajstić information content (AvgIpc) is 2.33. The van der Waals surface area contributed by atoms with E-state index in [0.29, 0.717) is 6.42 Å². The van der Waals surface area contributed by atoms with E-state index in [9.17, 15) is 0 Å². The van der Waals surface area contributed by atoms with Crippen LogP contribution in [0.3, 0.4) is 0 Å². The van der Waals surface area contributed by atoms with Gasteiger partial charge in [0.15, 0.2) is 0 Å². The molecule has 2 nitrogen and oxygen atoms in total. The third kappa shape index (κ3) is 2.25. The monoisotopic (exact) mass is 235 g/mol. The van der Waals surface area contributed by atoms with E-state index >= 15 is 0 Å². The Kier molecular flexibility index (Phi) is 3.48. The molecule has 0 radical (unpaired) electrons. The minimum atomic E-state index is 0.172. The Morgan fingerprint density at radius 3 is 2.82 bits per heavy atom. The van der Waals surface area contributed by atoms with E-state index in [2.05, 4.69) is 27.8 Å². The van der Waals surface area contributed by atoms with Crippen LogP contribution < -0.4 is 0 Å². The number of rotatable bonds is 3. The highest BCUT2D eigenvalue weighted by Crippen LogP contribution is 2.25. The van der Waals surface area contributed by atoms with Crippen molar-refractivity contribution in [3.05, 3.63) is 14.5 Å². The molecule has 0 spiro atoms. The topological polar surface area (TPSA) is 33.1 Å². The molecule has 0 unspecified atom stereocenters. The molecule has 11 heavy (non-hydrogen) atoms. The third-order valence-corrected chi connectivity index (χ3v) is 3.32. The third-order valence-electron chi connectivity index (χ3n) is 1.35. The van der Waals surface area contributed by atoms with Crippen LogP contribution in [0.15, 0.2) is 3.79 Å². The van der Waals surface area contributed by atoms with Crippen molar-refractivity contribution in [2.75, 3.05) is 6.61 Å². The minimum absolute atomic E-state index is 0.172. The molecule has 4 heteroatoms. The van der Waals surface area contributed by atoms with Gasteiger partial charge in [0.2, 0.25) is 0 Å². The van der Waals surface area contributed by atoms with Gasteiger partial charge in [0.25, 0.3) is 0 Å². The van der Waals surface area contributed by atoms with Crippen LogP contribution in [0.25, 0.3) is 0 Å². The van der Waals surface area contributed by atoms with Crippen molar-refractivity contribution < 1.29 is 5.11 Å². The summed E-state index contributed by atoms with van der Waals surface area (Å²) < 4.78 is 1.06. The lowest BCUT2D eigenvalue weighted by molar-refractivity contribution is 0.298. The number of halogens is 1. The van der Waals surface area contributed by atoms with Gasteiger partial charge in [-0.1, -0.05) is 6.92 Å². The van der Waals surface area contributed by atoms with Crippen molar-refractivity contribution >= 4 is 27.3 Å². The van der Waals surface area contributed by atoms with Crippen molar-refractivity contribution in [2.45, 2.75) is 19.8 Å². The van der Waals surface area contributed by atoms with Crippen LogP contribution in [0.5, 0.6) is 0 Å². The molecule has 1 N–H and O–H groups in total. The molecule has 1 rings (SSSR count). The van der Waals surface area contributed by atoms with Crippen molar-refractivity contribution in [1.82, 2.24) is 4.98 Å². The minimum Gasteiger partial charge on any atom is -0.396 e. The van der Waals surface area contributed by atoms with E-state index in [4.69, 9.17) is 5.11 Å². The molecule has 0 fully saturated rings. The van der Waals surface area contributed by atoms with Gasteiger partial charge >= 0.3 is 0 Å². The Morgan fingerprint density at radius 1 is 1.64 bits per heavy atom. The molecule has 0 aliphatic heterocycles. The van der Waals surface area contributed by atoms with Crippen molar-refractivity contribution in [1.29, 1.82) is 0 Å². The molecule has 0 atom stereocenters. The molecule has 0 amide bonds. The summed E-state index contributed by atoms with van der Waals surface area (Å²) in [5, 5.41) is 9.80. The second-order valence-corrected chi connectivity index (χ2v) is 4.56. The first kappa shape index (κ1) is 9.16. The number of aliphatic hydroxyl groups excluding tert-OH is 1. The molecule has 0 aromatic carbocycles. The highest BCUT2D eigenvalue weighted by molar-refractivity contribution is 9.11. The van der Waals surface area contributed by atoms with Crippen LogP contribution in [0.1, 0.15) is 17.6 Å². The standard InChI is InChI=1S/C7H10BrNOS/c1-2-6-9-5(3-4-10)7(8)11-6/h10H,2-4H2,1H3. The average molecular weight is 236 g/mol. The van der Waals surface area contributed by atoms with Crippen molar-refractivity contribution in [3.63, 3.8) is 0 Å². The number of aryl methyl sites for hydroxylation is 1. The molecular weight excluding hydrogens is 226 g/mol. The predicted octanol–water partition coefficient (Wildman–Crippen LogP) is 2.00. The molecule has 1 aromatic heterocycles. The highest BCUT2D eigenvalue weighted by atomic mass is 79.9. The van der Waals surface area contributed by atoms with Crippen LogP contribution in [0.2, 0.25) is 0 Å². The summed E-state index contributed by atoms with van der Waals surface area (Å²) >= 11 is 5.05. The maximum atomic E-state index is 8.67. The van der Waals surface area contributed by atoms with E-state index in [-0.39, 0.29) is 6.61 Å². The van der Waals surface area contributed by atoms with Crippen LogP contribution >= 0.6 is 27.3 Å².